The summed E-state index contributed by atoms with van der Waals surface area (Å²) in [5.41, 5.74) is 2.96. The number of hydrogen-bond donors (Lipinski definition) is 1. The lowest BCUT2D eigenvalue weighted by Crippen LogP contribution is -2.66. The van der Waals surface area contributed by atoms with Crippen molar-refractivity contribution < 1.29 is 14.7 Å². The number of carboxylic acid groups (broad SMARTS) is 1. The molecule has 0 aliphatic carbocycles. The number of likely N-dealkylation sites (tertiary alicyclic amines) is 1. The van der Waals surface area contributed by atoms with Crippen LogP contribution in [-0.4, -0.2) is 70.1 Å². The molecule has 0 aromatic heterocycles. The number of carbonyl (C=O) groups excluding carboxylic acids is 1. The highest BCUT2D eigenvalue weighted by Gasteiger charge is 2.53. The van der Waals surface area contributed by atoms with E-state index in [0.29, 0.717) is 26.1 Å². The van der Waals surface area contributed by atoms with Crippen LogP contribution in [0.5, 0.6) is 0 Å². The van der Waals surface area contributed by atoms with Gasteiger partial charge in [-0.25, -0.2) is 4.79 Å². The number of amides is 2. The second-order valence-electron chi connectivity index (χ2n) is 10.6. The first kappa shape index (κ1) is 25.0. The molecule has 0 spiro atoms. The minimum absolute atomic E-state index is 0.00196. The molecule has 37 heavy (non-hydrogen) atoms. The predicted molar refractivity (Wildman–Crippen MR) is 144 cm³/mol. The molecule has 0 unspecified atom stereocenters. The van der Waals surface area contributed by atoms with Crippen molar-refractivity contribution in [3.05, 3.63) is 108 Å². The van der Waals surface area contributed by atoms with E-state index in [9.17, 15) is 14.7 Å². The van der Waals surface area contributed by atoms with Gasteiger partial charge in [-0.05, 0) is 29.5 Å². The third kappa shape index (κ3) is 4.86. The molecule has 6 heteroatoms. The maximum atomic E-state index is 13.6. The molecule has 3 aromatic rings. The van der Waals surface area contributed by atoms with Crippen LogP contribution in [0.1, 0.15) is 36.5 Å². The lowest BCUT2D eigenvalue weighted by Gasteiger charge is -2.48. The van der Waals surface area contributed by atoms with Crippen LogP contribution in [0.2, 0.25) is 0 Å². The van der Waals surface area contributed by atoms with Gasteiger partial charge in [0, 0.05) is 38.1 Å². The molecule has 2 saturated heterocycles. The molecule has 5 rings (SSSR count). The van der Waals surface area contributed by atoms with Gasteiger partial charge in [0.15, 0.2) is 0 Å². The number of nitrogens with zero attached hydrogens (tertiary/aromatic N) is 3. The van der Waals surface area contributed by atoms with Crippen LogP contribution < -0.4 is 0 Å². The van der Waals surface area contributed by atoms with E-state index < -0.39 is 17.4 Å². The third-order valence-corrected chi connectivity index (χ3v) is 8.15. The largest absolute Gasteiger partial charge is 0.480 e. The van der Waals surface area contributed by atoms with Crippen molar-refractivity contribution in [3.63, 3.8) is 0 Å². The Morgan fingerprint density at radius 1 is 0.892 bits per heavy atom. The topological polar surface area (TPSA) is 64.1 Å². The quantitative estimate of drug-likeness (QED) is 0.507. The average molecular weight is 498 g/mol. The maximum Gasteiger partial charge on any atom is 0.323 e. The zero-order valence-corrected chi connectivity index (χ0v) is 21.5. The fraction of sp³-hybridized carbons (Fsp3) is 0.355. The lowest BCUT2D eigenvalue weighted by molar-refractivity contribution is -0.148. The van der Waals surface area contributed by atoms with Crippen LogP contribution >= 0.6 is 0 Å². The van der Waals surface area contributed by atoms with Crippen LogP contribution in [0.25, 0.3) is 0 Å². The molecule has 1 N–H and O–H groups in total. The summed E-state index contributed by atoms with van der Waals surface area (Å²) in [6, 6.07) is 29.4. The van der Waals surface area contributed by atoms with Gasteiger partial charge in [0.05, 0.1) is 6.04 Å². The highest BCUT2D eigenvalue weighted by Crippen LogP contribution is 2.39. The summed E-state index contributed by atoms with van der Waals surface area (Å²) in [6.45, 7) is 3.81. The molecular formula is C31H35N3O3. The summed E-state index contributed by atoms with van der Waals surface area (Å²) in [4.78, 5) is 32.0. The number of rotatable bonds is 7. The third-order valence-electron chi connectivity index (χ3n) is 8.15. The van der Waals surface area contributed by atoms with Gasteiger partial charge >= 0.3 is 12.0 Å². The number of hydrogen-bond acceptors (Lipinski definition) is 3. The molecule has 2 aliphatic rings. The Balaban J connectivity index is 1.42. The zero-order valence-electron chi connectivity index (χ0n) is 21.5. The maximum absolute atomic E-state index is 13.6. The van der Waals surface area contributed by atoms with Crippen molar-refractivity contribution in [3.8, 4) is 0 Å². The van der Waals surface area contributed by atoms with Gasteiger partial charge in [-0.1, -0.05) is 97.9 Å². The number of carbonyl (C=O) groups is 2. The van der Waals surface area contributed by atoms with Gasteiger partial charge in [0.1, 0.15) is 6.04 Å². The monoisotopic (exact) mass is 497 g/mol. The smallest absolute Gasteiger partial charge is 0.323 e. The van der Waals surface area contributed by atoms with Gasteiger partial charge in [-0.15, -0.1) is 0 Å². The fourth-order valence-electron chi connectivity index (χ4n) is 6.30. The van der Waals surface area contributed by atoms with Gasteiger partial charge in [-0.3, -0.25) is 9.69 Å². The van der Waals surface area contributed by atoms with E-state index in [2.05, 4.69) is 36.1 Å². The summed E-state index contributed by atoms with van der Waals surface area (Å²) in [5.74, 6) is -0.864. The van der Waals surface area contributed by atoms with E-state index >= 15 is 0 Å². The van der Waals surface area contributed by atoms with Crippen molar-refractivity contribution in [2.75, 3.05) is 20.1 Å². The number of urea groups is 1. The second kappa shape index (κ2) is 10.4. The normalized spacial score (nSPS) is 21.6. The Kier molecular flexibility index (Phi) is 7.02. The molecule has 2 heterocycles. The molecule has 0 saturated carbocycles. The minimum Gasteiger partial charge on any atom is -0.480 e. The van der Waals surface area contributed by atoms with Gasteiger partial charge in [0.25, 0.3) is 0 Å². The number of carboxylic acids is 1. The number of aliphatic carboxylic acids is 1. The summed E-state index contributed by atoms with van der Waals surface area (Å²) < 4.78 is 0. The van der Waals surface area contributed by atoms with Crippen molar-refractivity contribution >= 4 is 12.0 Å². The van der Waals surface area contributed by atoms with E-state index in [-0.39, 0.29) is 18.1 Å². The summed E-state index contributed by atoms with van der Waals surface area (Å²) in [7, 11) is 1.80. The van der Waals surface area contributed by atoms with E-state index in [4.69, 9.17) is 0 Å². The van der Waals surface area contributed by atoms with E-state index in [1.165, 1.54) is 0 Å². The molecule has 192 valence electrons. The first-order valence-corrected chi connectivity index (χ1v) is 13.0. The van der Waals surface area contributed by atoms with Crippen LogP contribution in [0, 0.1) is 0 Å². The zero-order chi connectivity index (χ0) is 26.0. The summed E-state index contributed by atoms with van der Waals surface area (Å²) in [5, 5.41) is 10.4. The Morgan fingerprint density at radius 2 is 1.43 bits per heavy atom. The van der Waals surface area contributed by atoms with E-state index in [0.717, 1.165) is 23.1 Å². The van der Waals surface area contributed by atoms with Gasteiger partial charge < -0.3 is 14.9 Å². The van der Waals surface area contributed by atoms with Crippen LogP contribution in [0.15, 0.2) is 91.0 Å². The molecule has 3 atom stereocenters. The SMILES string of the molecule is CN(Cc1ccccc1)C(=O)N1[C@H]2CC[C@@H]1[C@@H](C(=O)O)N(CC(C)(c1ccccc1)c1ccccc1)C2. The molecule has 3 aromatic carbocycles. The van der Waals surface area contributed by atoms with E-state index in [1.54, 1.807) is 11.9 Å². The molecule has 2 aliphatic heterocycles. The standard InChI is InChI=1S/C31H35N3O3/c1-31(24-14-8-4-9-15-24,25-16-10-5-11-17-25)22-33-21-26-18-19-27(28(33)29(35)36)34(26)30(37)32(2)20-23-12-6-3-7-13-23/h3-17,26-28H,18-22H2,1-2H3,(H,35,36)/t26-,27+,28-/m0/s1. The van der Waals surface area contributed by atoms with Crippen LogP contribution in [-0.2, 0) is 16.8 Å². The Morgan fingerprint density at radius 3 is 1.97 bits per heavy atom. The molecule has 2 amide bonds. The molecular weight excluding hydrogens is 462 g/mol. The Bertz CT molecular complexity index is 1180. The summed E-state index contributed by atoms with van der Waals surface area (Å²) in [6.07, 6.45) is 1.53. The van der Waals surface area contributed by atoms with Crippen molar-refractivity contribution in [2.24, 2.45) is 0 Å². The number of piperazine rings is 1. The highest BCUT2D eigenvalue weighted by molar-refractivity contribution is 5.80. The van der Waals surface area contributed by atoms with Crippen molar-refractivity contribution in [1.29, 1.82) is 0 Å². The van der Waals surface area contributed by atoms with E-state index in [1.807, 2.05) is 71.6 Å². The lowest BCUT2D eigenvalue weighted by atomic mass is 9.75. The number of benzene rings is 3. The predicted octanol–water partition coefficient (Wildman–Crippen LogP) is 4.85. The van der Waals surface area contributed by atoms with Crippen LogP contribution in [0.3, 0.4) is 0 Å². The van der Waals surface area contributed by atoms with Crippen LogP contribution in [0.4, 0.5) is 4.79 Å². The highest BCUT2D eigenvalue weighted by atomic mass is 16.4. The van der Waals surface area contributed by atoms with Crippen molar-refractivity contribution in [1.82, 2.24) is 14.7 Å². The molecule has 6 nitrogen and oxygen atoms in total. The molecule has 0 radical (unpaired) electrons. The number of fused-ring (bicyclic) bond motifs is 2. The van der Waals surface area contributed by atoms with Gasteiger partial charge in [-0.2, -0.15) is 0 Å². The minimum atomic E-state index is -0.864. The molecule has 2 fully saturated rings. The average Bonchev–Trinajstić information content (AvgIpc) is 3.22. The molecule has 2 bridgehead atoms. The summed E-state index contributed by atoms with van der Waals surface area (Å²) >= 11 is 0. The first-order valence-electron chi connectivity index (χ1n) is 13.0. The first-order chi connectivity index (χ1) is 17.9. The van der Waals surface area contributed by atoms with Gasteiger partial charge in [0.2, 0.25) is 0 Å². The van der Waals surface area contributed by atoms with Crippen molar-refractivity contribution in [2.45, 2.75) is 49.9 Å². The Labute approximate surface area is 219 Å². The Hall–Kier alpha value is -3.64. The fourth-order valence-corrected chi connectivity index (χ4v) is 6.30. The second-order valence-corrected chi connectivity index (χ2v) is 10.6.